The Hall–Kier alpha value is -2.64. The molecular weight excluding hydrogens is 456 g/mol. The molecule has 6 nitrogen and oxygen atoms in total. The van der Waals surface area contributed by atoms with E-state index in [4.69, 9.17) is 11.6 Å². The molecule has 33 heavy (non-hydrogen) atoms. The highest BCUT2D eigenvalue weighted by Gasteiger charge is 2.28. The van der Waals surface area contributed by atoms with E-state index < -0.39 is 0 Å². The lowest BCUT2D eigenvalue weighted by molar-refractivity contribution is -0.126. The number of halogens is 1. The molecular formula is C25H29ClN4O2S. The van der Waals surface area contributed by atoms with Crippen LogP contribution >= 0.6 is 22.9 Å². The maximum absolute atomic E-state index is 13.0. The summed E-state index contributed by atoms with van der Waals surface area (Å²) < 4.78 is 1.38. The van der Waals surface area contributed by atoms with Crippen molar-refractivity contribution in [2.24, 2.45) is 5.92 Å². The molecule has 3 heterocycles. The van der Waals surface area contributed by atoms with Crippen molar-refractivity contribution < 1.29 is 4.79 Å². The Bertz CT molecular complexity index is 1150. The first-order chi connectivity index (χ1) is 16.0. The van der Waals surface area contributed by atoms with Crippen molar-refractivity contribution in [1.82, 2.24) is 15.1 Å². The molecule has 0 spiro atoms. The predicted octanol–water partition coefficient (Wildman–Crippen LogP) is 5.13. The van der Waals surface area contributed by atoms with Gasteiger partial charge in [-0.1, -0.05) is 37.1 Å². The molecule has 1 fully saturated rings. The van der Waals surface area contributed by atoms with Crippen LogP contribution in [0.1, 0.15) is 49.1 Å². The normalized spacial score (nSPS) is 15.4. The lowest BCUT2D eigenvalue weighted by Crippen LogP contribution is -2.42. The Kier molecular flexibility index (Phi) is 7.50. The average Bonchev–Trinajstić information content (AvgIpc) is 3.36. The van der Waals surface area contributed by atoms with Crippen molar-refractivity contribution in [3.05, 3.63) is 73.7 Å². The molecule has 0 radical (unpaired) electrons. The van der Waals surface area contributed by atoms with Crippen LogP contribution in [0.2, 0.25) is 5.02 Å². The van der Waals surface area contributed by atoms with Gasteiger partial charge in [0.25, 0.3) is 5.56 Å². The zero-order valence-electron chi connectivity index (χ0n) is 19.0. The fourth-order valence-corrected chi connectivity index (χ4v) is 5.18. The monoisotopic (exact) mass is 484 g/mol. The molecule has 0 unspecified atom stereocenters. The van der Waals surface area contributed by atoms with Gasteiger partial charge >= 0.3 is 0 Å². The molecule has 0 bridgehead atoms. The van der Waals surface area contributed by atoms with E-state index in [-0.39, 0.29) is 23.4 Å². The fraction of sp³-hybridized carbons (Fsp3) is 0.400. The number of thiophene rings is 1. The molecule has 1 aliphatic heterocycles. The number of amides is 1. The second-order valence-corrected chi connectivity index (χ2v) is 9.89. The summed E-state index contributed by atoms with van der Waals surface area (Å²) in [7, 11) is 0. The van der Waals surface area contributed by atoms with Gasteiger partial charge in [0.2, 0.25) is 5.91 Å². The summed E-state index contributed by atoms with van der Waals surface area (Å²) >= 11 is 7.94. The lowest BCUT2D eigenvalue weighted by atomic mass is 9.95. The Morgan fingerprint density at radius 2 is 2.03 bits per heavy atom. The zero-order valence-corrected chi connectivity index (χ0v) is 20.5. The Labute approximate surface area is 203 Å². The maximum atomic E-state index is 13.0. The van der Waals surface area contributed by atoms with Crippen LogP contribution < -0.4 is 15.8 Å². The number of hydrogen-bond donors (Lipinski definition) is 1. The number of rotatable bonds is 7. The van der Waals surface area contributed by atoms with Gasteiger partial charge < -0.3 is 10.2 Å². The van der Waals surface area contributed by atoms with E-state index in [1.165, 1.54) is 15.6 Å². The van der Waals surface area contributed by atoms with Gasteiger partial charge in [0.05, 0.1) is 11.7 Å². The van der Waals surface area contributed by atoms with E-state index in [9.17, 15) is 9.59 Å². The highest BCUT2D eigenvalue weighted by Crippen LogP contribution is 2.26. The van der Waals surface area contributed by atoms with Crippen molar-refractivity contribution in [2.45, 2.75) is 45.6 Å². The first-order valence-electron chi connectivity index (χ1n) is 11.4. The molecule has 1 aliphatic rings. The topological polar surface area (TPSA) is 67.2 Å². The Morgan fingerprint density at radius 3 is 2.70 bits per heavy atom. The Balaban J connectivity index is 1.42. The smallest absolute Gasteiger partial charge is 0.271 e. The van der Waals surface area contributed by atoms with Crippen molar-refractivity contribution in [1.29, 1.82) is 0 Å². The van der Waals surface area contributed by atoms with Gasteiger partial charge in [-0.2, -0.15) is 4.68 Å². The molecule has 8 heteroatoms. The first kappa shape index (κ1) is 23.5. The molecule has 174 valence electrons. The number of carbonyl (C=O) groups is 1. The minimum absolute atomic E-state index is 0.0117. The number of aromatic nitrogens is 2. The molecule has 0 saturated carbocycles. The van der Waals surface area contributed by atoms with Gasteiger partial charge in [-0.05, 0) is 61.4 Å². The second-order valence-electron chi connectivity index (χ2n) is 8.50. The van der Waals surface area contributed by atoms with Crippen LogP contribution in [0.15, 0.2) is 52.6 Å². The maximum Gasteiger partial charge on any atom is 0.271 e. The van der Waals surface area contributed by atoms with Crippen LogP contribution in [-0.2, 0) is 4.79 Å². The molecule has 0 aliphatic carbocycles. The van der Waals surface area contributed by atoms with Crippen LogP contribution in [0.4, 0.5) is 5.82 Å². The summed E-state index contributed by atoms with van der Waals surface area (Å²) in [6, 6.07) is 13.0. The summed E-state index contributed by atoms with van der Waals surface area (Å²) in [5.74, 6) is 0.851. The van der Waals surface area contributed by atoms with Crippen LogP contribution in [-0.4, -0.2) is 28.8 Å². The molecule has 1 amide bonds. The van der Waals surface area contributed by atoms with E-state index >= 15 is 0 Å². The average molecular weight is 485 g/mol. The molecule has 2 aromatic heterocycles. The SMILES string of the molecule is CCC[C@@H](NC(=O)C1CCN(c2ccc(=O)n(-c3ccc(C)c(Cl)c3)n2)CC1)c1cccs1. The van der Waals surface area contributed by atoms with E-state index in [1.54, 1.807) is 23.5 Å². The first-order valence-corrected chi connectivity index (χ1v) is 12.7. The van der Waals surface area contributed by atoms with Gasteiger partial charge in [0.15, 0.2) is 0 Å². The quantitative estimate of drug-likeness (QED) is 0.504. The van der Waals surface area contributed by atoms with E-state index in [0.717, 1.165) is 50.2 Å². The molecule has 3 aromatic rings. The number of carbonyl (C=O) groups excluding carboxylic acids is 1. The van der Waals surface area contributed by atoms with Gasteiger partial charge in [-0.25, -0.2) is 0 Å². The summed E-state index contributed by atoms with van der Waals surface area (Å²) in [5.41, 5.74) is 1.39. The van der Waals surface area contributed by atoms with Gasteiger partial charge in [-0.3, -0.25) is 9.59 Å². The van der Waals surface area contributed by atoms with Crippen molar-refractivity contribution in [2.75, 3.05) is 18.0 Å². The molecule has 4 rings (SSSR count). The lowest BCUT2D eigenvalue weighted by Gasteiger charge is -2.33. The number of aryl methyl sites for hydroxylation is 1. The number of piperidine rings is 1. The van der Waals surface area contributed by atoms with E-state index in [2.05, 4.69) is 33.7 Å². The van der Waals surface area contributed by atoms with Crippen molar-refractivity contribution in [3.63, 3.8) is 0 Å². The molecule has 1 atom stereocenters. The number of hydrogen-bond acceptors (Lipinski definition) is 5. The van der Waals surface area contributed by atoms with Crippen molar-refractivity contribution >= 4 is 34.7 Å². The number of nitrogens with one attached hydrogen (secondary N) is 1. The third-order valence-electron chi connectivity index (χ3n) is 6.16. The fourth-order valence-electron chi connectivity index (χ4n) is 4.19. The van der Waals surface area contributed by atoms with Crippen LogP contribution in [0.25, 0.3) is 5.69 Å². The molecule has 1 aromatic carbocycles. The Morgan fingerprint density at radius 1 is 1.24 bits per heavy atom. The number of anilines is 1. The molecule has 1 N–H and O–H groups in total. The predicted molar refractivity (Wildman–Crippen MR) is 135 cm³/mol. The van der Waals surface area contributed by atoms with E-state index in [0.29, 0.717) is 10.7 Å². The standard InChI is InChI=1S/C25H29ClN4O2S/c1-3-5-21(22-6-4-15-33-22)27-25(32)18-11-13-29(14-12-18)23-9-10-24(31)30(28-23)19-8-7-17(2)20(26)16-19/h4,6-10,15-16,18,21H,3,5,11-14H2,1-2H3,(H,27,32)/t21-/m1/s1. The highest BCUT2D eigenvalue weighted by molar-refractivity contribution is 7.10. The summed E-state index contributed by atoms with van der Waals surface area (Å²) in [6.45, 7) is 5.50. The largest absolute Gasteiger partial charge is 0.355 e. The second kappa shape index (κ2) is 10.5. The number of nitrogens with zero attached hydrogens (tertiary/aromatic N) is 3. The number of benzene rings is 1. The van der Waals surface area contributed by atoms with Gasteiger partial charge in [0.1, 0.15) is 5.82 Å². The van der Waals surface area contributed by atoms with Crippen molar-refractivity contribution in [3.8, 4) is 5.69 Å². The van der Waals surface area contributed by atoms with Crippen LogP contribution in [0, 0.1) is 12.8 Å². The van der Waals surface area contributed by atoms with Crippen LogP contribution in [0.3, 0.4) is 0 Å². The molecule has 1 saturated heterocycles. The summed E-state index contributed by atoms with van der Waals surface area (Å²) in [6.07, 6.45) is 3.48. The third kappa shape index (κ3) is 5.47. The van der Waals surface area contributed by atoms with Gasteiger partial charge in [-0.15, -0.1) is 16.4 Å². The summed E-state index contributed by atoms with van der Waals surface area (Å²) in [4.78, 5) is 28.7. The highest BCUT2D eigenvalue weighted by atomic mass is 35.5. The third-order valence-corrected chi connectivity index (χ3v) is 7.55. The van der Waals surface area contributed by atoms with Crippen LogP contribution in [0.5, 0.6) is 0 Å². The minimum atomic E-state index is -0.205. The summed E-state index contributed by atoms with van der Waals surface area (Å²) in [5, 5.41) is 10.5. The zero-order chi connectivity index (χ0) is 23.4. The van der Waals surface area contributed by atoms with E-state index in [1.807, 2.05) is 25.1 Å². The minimum Gasteiger partial charge on any atom is -0.355 e. The van der Waals surface area contributed by atoms with Gasteiger partial charge in [0, 0.05) is 35.0 Å².